The zero-order valence-corrected chi connectivity index (χ0v) is 38.0. The number of aromatic nitrogens is 1. The van der Waals surface area contributed by atoms with Crippen LogP contribution in [0.5, 0.6) is 0 Å². The Morgan fingerprint density at radius 3 is 1.57 bits per heavy atom. The average Bonchev–Trinajstić information content (AvgIpc) is 3.92. The SMILES string of the molecule is c1ccc(-c2ccc(N(c3ccccc3)c3ccccc3-c3cccc(-c4ccc5c(c4)c4ccccc4n5-c4ccc5c(c4)-c4ccccc4C5(c4ccccc4)c4ccccc4)c3)cc2)cc1. The Labute approximate surface area is 403 Å². The maximum Gasteiger partial charge on any atom is 0.0713 e. The number of benzene rings is 11. The molecule has 1 aliphatic carbocycles. The standard InChI is InChI=1S/C67H46N2/c1-5-20-47(21-6-1)48-36-39-55(40-37-48)68(54-28-11-4-12-29-54)64-34-17-14-30-57(64)51-23-19-22-49(44-51)50-38-43-66-61(45-50)59-32-15-18-35-65(59)69(66)56-41-42-63-60(46-56)58-31-13-16-33-62(58)67(63,52-24-7-2-8-25-52)53-26-9-3-10-27-53/h1-46H. The molecule has 11 aromatic carbocycles. The van der Waals surface area contributed by atoms with Gasteiger partial charge in [0.05, 0.1) is 22.1 Å². The van der Waals surface area contributed by atoms with Crippen LogP contribution in [0.3, 0.4) is 0 Å². The van der Waals surface area contributed by atoms with Gasteiger partial charge in [0.1, 0.15) is 0 Å². The fourth-order valence-electron chi connectivity index (χ4n) is 11.2. The second kappa shape index (κ2) is 16.7. The van der Waals surface area contributed by atoms with Crippen LogP contribution in [-0.4, -0.2) is 4.57 Å². The monoisotopic (exact) mass is 878 g/mol. The van der Waals surface area contributed by atoms with Crippen molar-refractivity contribution in [2.24, 2.45) is 0 Å². The summed E-state index contributed by atoms with van der Waals surface area (Å²) in [6.45, 7) is 0. The molecule has 0 radical (unpaired) electrons. The van der Waals surface area contributed by atoms with Gasteiger partial charge >= 0.3 is 0 Å². The minimum Gasteiger partial charge on any atom is -0.310 e. The molecule has 0 atom stereocenters. The summed E-state index contributed by atoms with van der Waals surface area (Å²) in [5.74, 6) is 0. The lowest BCUT2D eigenvalue weighted by atomic mass is 9.68. The summed E-state index contributed by atoms with van der Waals surface area (Å²) in [4.78, 5) is 2.37. The molecule has 0 amide bonds. The van der Waals surface area contributed by atoms with Crippen molar-refractivity contribution in [3.8, 4) is 50.2 Å². The van der Waals surface area contributed by atoms with E-state index in [0.717, 1.165) is 33.9 Å². The first-order chi connectivity index (χ1) is 34.2. The van der Waals surface area contributed by atoms with Gasteiger partial charge in [0, 0.05) is 33.4 Å². The van der Waals surface area contributed by atoms with Gasteiger partial charge in [-0.05, 0) is 128 Å². The molecule has 13 rings (SSSR count). The minimum absolute atomic E-state index is 0.439. The van der Waals surface area contributed by atoms with Crippen LogP contribution in [0.2, 0.25) is 0 Å². The summed E-state index contributed by atoms with van der Waals surface area (Å²) < 4.78 is 2.46. The minimum atomic E-state index is -0.439. The molecule has 1 aliphatic rings. The van der Waals surface area contributed by atoms with Crippen LogP contribution < -0.4 is 4.90 Å². The van der Waals surface area contributed by atoms with E-state index in [1.54, 1.807) is 0 Å². The van der Waals surface area contributed by atoms with E-state index >= 15 is 0 Å². The molecule has 1 aromatic heterocycles. The normalized spacial score (nSPS) is 12.5. The van der Waals surface area contributed by atoms with E-state index in [2.05, 4.69) is 289 Å². The van der Waals surface area contributed by atoms with Crippen LogP contribution in [0.1, 0.15) is 22.3 Å². The van der Waals surface area contributed by atoms with E-state index in [9.17, 15) is 0 Å². The molecule has 12 aromatic rings. The highest BCUT2D eigenvalue weighted by Gasteiger charge is 2.46. The van der Waals surface area contributed by atoms with Gasteiger partial charge in [-0.25, -0.2) is 0 Å². The number of rotatable bonds is 9. The van der Waals surface area contributed by atoms with Crippen LogP contribution in [0.15, 0.2) is 279 Å². The predicted octanol–water partition coefficient (Wildman–Crippen LogP) is 17.6. The van der Waals surface area contributed by atoms with E-state index in [-0.39, 0.29) is 0 Å². The van der Waals surface area contributed by atoms with Crippen LogP contribution in [0, 0.1) is 0 Å². The maximum absolute atomic E-state index is 2.46. The smallest absolute Gasteiger partial charge is 0.0713 e. The van der Waals surface area contributed by atoms with Crippen molar-refractivity contribution in [1.82, 2.24) is 4.57 Å². The Morgan fingerprint density at radius 2 is 0.812 bits per heavy atom. The topological polar surface area (TPSA) is 8.17 Å². The molecule has 2 nitrogen and oxygen atoms in total. The second-order valence-corrected chi connectivity index (χ2v) is 18.0. The zero-order chi connectivity index (χ0) is 45.7. The van der Waals surface area contributed by atoms with E-state index in [1.165, 1.54) is 77.4 Å². The third kappa shape index (κ3) is 6.64. The van der Waals surface area contributed by atoms with Crippen molar-refractivity contribution in [1.29, 1.82) is 0 Å². The van der Waals surface area contributed by atoms with Crippen molar-refractivity contribution < 1.29 is 0 Å². The molecule has 0 spiro atoms. The van der Waals surface area contributed by atoms with E-state index in [1.807, 2.05) is 0 Å². The Bertz CT molecular complexity index is 3780. The largest absolute Gasteiger partial charge is 0.310 e. The molecular weight excluding hydrogens is 833 g/mol. The lowest BCUT2D eigenvalue weighted by molar-refractivity contribution is 0.768. The first kappa shape index (κ1) is 40.3. The Hall–Kier alpha value is -8.98. The third-order valence-corrected chi connectivity index (χ3v) is 14.3. The van der Waals surface area contributed by atoms with Crippen LogP contribution in [0.4, 0.5) is 17.1 Å². The molecule has 0 N–H and O–H groups in total. The van der Waals surface area contributed by atoms with E-state index in [4.69, 9.17) is 0 Å². The number of para-hydroxylation sites is 3. The molecule has 0 bridgehead atoms. The molecule has 0 fully saturated rings. The highest BCUT2D eigenvalue weighted by Crippen LogP contribution is 2.56. The summed E-state index contributed by atoms with van der Waals surface area (Å²) in [7, 11) is 0. The lowest BCUT2D eigenvalue weighted by Crippen LogP contribution is -2.28. The maximum atomic E-state index is 2.46. The Morgan fingerprint density at radius 1 is 0.290 bits per heavy atom. The summed E-state index contributed by atoms with van der Waals surface area (Å²) in [6.07, 6.45) is 0. The van der Waals surface area contributed by atoms with Gasteiger partial charge in [0.15, 0.2) is 0 Å². The zero-order valence-electron chi connectivity index (χ0n) is 38.0. The van der Waals surface area contributed by atoms with Crippen LogP contribution >= 0.6 is 0 Å². The fraction of sp³-hybridized carbons (Fsp3) is 0.0149. The van der Waals surface area contributed by atoms with Gasteiger partial charge in [0.2, 0.25) is 0 Å². The van der Waals surface area contributed by atoms with Crippen molar-refractivity contribution >= 4 is 38.9 Å². The number of anilines is 3. The van der Waals surface area contributed by atoms with E-state index in [0.29, 0.717) is 0 Å². The van der Waals surface area contributed by atoms with Crippen molar-refractivity contribution in [2.45, 2.75) is 5.41 Å². The highest BCUT2D eigenvalue weighted by atomic mass is 15.1. The molecule has 69 heavy (non-hydrogen) atoms. The number of nitrogens with zero attached hydrogens (tertiary/aromatic N) is 2. The van der Waals surface area contributed by atoms with Gasteiger partial charge in [-0.1, -0.05) is 212 Å². The summed E-state index contributed by atoms with van der Waals surface area (Å²) >= 11 is 0. The first-order valence-electron chi connectivity index (χ1n) is 23.8. The fourth-order valence-corrected chi connectivity index (χ4v) is 11.2. The molecule has 2 heteroatoms. The van der Waals surface area contributed by atoms with Crippen LogP contribution in [-0.2, 0) is 5.41 Å². The molecule has 0 aliphatic heterocycles. The van der Waals surface area contributed by atoms with Crippen molar-refractivity contribution in [2.75, 3.05) is 4.90 Å². The summed E-state index contributed by atoms with van der Waals surface area (Å²) in [5, 5.41) is 2.46. The van der Waals surface area contributed by atoms with Crippen LogP contribution in [0.25, 0.3) is 72.0 Å². The van der Waals surface area contributed by atoms with Gasteiger partial charge in [-0.15, -0.1) is 0 Å². The Balaban J connectivity index is 0.914. The lowest BCUT2D eigenvalue weighted by Gasteiger charge is -2.33. The second-order valence-electron chi connectivity index (χ2n) is 18.0. The average molecular weight is 879 g/mol. The van der Waals surface area contributed by atoms with E-state index < -0.39 is 5.41 Å². The molecule has 324 valence electrons. The van der Waals surface area contributed by atoms with Gasteiger partial charge < -0.3 is 9.47 Å². The van der Waals surface area contributed by atoms with Gasteiger partial charge in [-0.3, -0.25) is 0 Å². The quantitative estimate of drug-likeness (QED) is 0.140. The Kier molecular flexibility index (Phi) is 9.77. The summed E-state index contributed by atoms with van der Waals surface area (Å²) in [5.41, 5.74) is 21.2. The van der Waals surface area contributed by atoms with Crippen molar-refractivity contribution in [3.05, 3.63) is 301 Å². The van der Waals surface area contributed by atoms with Gasteiger partial charge in [-0.2, -0.15) is 0 Å². The molecule has 0 saturated heterocycles. The highest BCUT2D eigenvalue weighted by molar-refractivity contribution is 6.10. The number of hydrogen-bond donors (Lipinski definition) is 0. The number of hydrogen-bond acceptors (Lipinski definition) is 1. The molecule has 0 saturated carbocycles. The number of fused-ring (bicyclic) bond motifs is 6. The molecule has 1 heterocycles. The first-order valence-corrected chi connectivity index (χ1v) is 23.8. The summed E-state index contributed by atoms with van der Waals surface area (Å²) in [6, 6.07) is 102. The molecular formula is C67H46N2. The predicted molar refractivity (Wildman–Crippen MR) is 289 cm³/mol. The molecule has 0 unspecified atom stereocenters. The van der Waals surface area contributed by atoms with Crippen molar-refractivity contribution in [3.63, 3.8) is 0 Å². The van der Waals surface area contributed by atoms with Gasteiger partial charge in [0.25, 0.3) is 0 Å². The third-order valence-electron chi connectivity index (χ3n) is 14.3.